The van der Waals surface area contributed by atoms with Crippen molar-refractivity contribution in [3.05, 3.63) is 0 Å². The van der Waals surface area contributed by atoms with Gasteiger partial charge in [-0.2, -0.15) is 0 Å². The molecule has 2 aliphatic heterocycles. The lowest BCUT2D eigenvalue weighted by Crippen LogP contribution is -2.34. The number of nitrogens with zero attached hydrogens (tertiary/aromatic N) is 1. The van der Waals surface area contributed by atoms with E-state index < -0.39 is 0 Å². The molecular formula is C8H12N2O2. The van der Waals surface area contributed by atoms with Crippen LogP contribution >= 0.6 is 0 Å². The topological polar surface area (TPSA) is 50.7 Å². The van der Waals surface area contributed by atoms with Gasteiger partial charge in [-0.15, -0.1) is 0 Å². The van der Waals surface area contributed by atoms with Gasteiger partial charge in [0.15, 0.2) is 0 Å². The number of hydrogen-bond acceptors (Lipinski definition) is 4. The first-order valence-electron chi connectivity index (χ1n) is 4.31. The minimum absolute atomic E-state index is 0.152. The number of carbonyl (C=O) groups excluding carboxylic acids is 1. The third kappa shape index (κ3) is 1.12. The molecule has 4 nitrogen and oxygen atoms in total. The molecule has 0 bridgehead atoms. The molecule has 2 heterocycles. The van der Waals surface area contributed by atoms with Gasteiger partial charge in [0.2, 0.25) is 0 Å². The fraction of sp³-hybridized carbons (Fsp3) is 0.750. The van der Waals surface area contributed by atoms with Crippen LogP contribution < -0.4 is 5.32 Å². The van der Waals surface area contributed by atoms with Crippen LogP contribution in [0.2, 0.25) is 0 Å². The van der Waals surface area contributed by atoms with Gasteiger partial charge < -0.3 is 10.2 Å². The summed E-state index contributed by atoms with van der Waals surface area (Å²) in [6.45, 7) is 2.86. The first-order chi connectivity index (χ1) is 5.79. The summed E-state index contributed by atoms with van der Waals surface area (Å²) >= 11 is 0. The molecule has 1 fully saturated rings. The Morgan fingerprint density at radius 1 is 1.67 bits per heavy atom. The minimum atomic E-state index is -0.223. The standard InChI is InChI=1S/C8H12N2O2/c1-5-7(10-12-8(5)11)6-3-2-4-9-6/h5-6,9H,2-4H2,1H3. The van der Waals surface area contributed by atoms with E-state index >= 15 is 0 Å². The van der Waals surface area contributed by atoms with Crippen molar-refractivity contribution in [1.82, 2.24) is 5.32 Å². The lowest BCUT2D eigenvalue weighted by atomic mass is 9.99. The molecule has 2 rings (SSSR count). The highest BCUT2D eigenvalue weighted by Gasteiger charge is 2.34. The number of rotatable bonds is 1. The summed E-state index contributed by atoms with van der Waals surface area (Å²) in [6.07, 6.45) is 2.23. The van der Waals surface area contributed by atoms with Crippen LogP contribution in [-0.2, 0) is 9.63 Å². The van der Waals surface area contributed by atoms with Gasteiger partial charge in [-0.1, -0.05) is 5.16 Å². The molecule has 12 heavy (non-hydrogen) atoms. The number of hydrogen-bond donors (Lipinski definition) is 1. The highest BCUT2D eigenvalue weighted by molar-refractivity contribution is 6.07. The molecule has 66 valence electrons. The molecule has 0 aliphatic carbocycles. The zero-order chi connectivity index (χ0) is 8.55. The van der Waals surface area contributed by atoms with Crippen LogP contribution in [-0.4, -0.2) is 24.3 Å². The molecule has 1 saturated heterocycles. The molecule has 2 unspecified atom stereocenters. The average Bonchev–Trinajstić information content (AvgIpc) is 2.64. The SMILES string of the molecule is CC1C(=O)ON=C1C1CCCN1. The van der Waals surface area contributed by atoms with E-state index in [4.69, 9.17) is 0 Å². The lowest BCUT2D eigenvalue weighted by molar-refractivity contribution is -0.142. The predicted octanol–water partition coefficient (Wildman–Crippen LogP) is 0.287. The molecule has 0 aromatic heterocycles. The average molecular weight is 168 g/mol. The molecule has 4 heteroatoms. The summed E-state index contributed by atoms with van der Waals surface area (Å²) in [5.41, 5.74) is 0.873. The van der Waals surface area contributed by atoms with Gasteiger partial charge in [-0.05, 0) is 26.3 Å². The first kappa shape index (κ1) is 7.73. The summed E-state index contributed by atoms with van der Waals surface area (Å²) in [5, 5.41) is 7.07. The summed E-state index contributed by atoms with van der Waals surface area (Å²) in [7, 11) is 0. The highest BCUT2D eigenvalue weighted by Crippen LogP contribution is 2.18. The molecule has 2 atom stereocenters. The van der Waals surface area contributed by atoms with E-state index in [1.165, 1.54) is 0 Å². The molecule has 1 N–H and O–H groups in total. The van der Waals surface area contributed by atoms with E-state index in [0.717, 1.165) is 25.1 Å². The van der Waals surface area contributed by atoms with Crippen molar-refractivity contribution >= 4 is 11.7 Å². The zero-order valence-corrected chi connectivity index (χ0v) is 7.04. The fourth-order valence-corrected chi connectivity index (χ4v) is 1.68. The second-order valence-corrected chi connectivity index (χ2v) is 3.30. The summed E-state index contributed by atoms with van der Waals surface area (Å²) in [6, 6.07) is 0.270. The number of carbonyl (C=O) groups is 1. The van der Waals surface area contributed by atoms with Gasteiger partial charge in [0.1, 0.15) is 0 Å². The second-order valence-electron chi connectivity index (χ2n) is 3.30. The lowest BCUT2D eigenvalue weighted by Gasteiger charge is -2.09. The van der Waals surface area contributed by atoms with Crippen molar-refractivity contribution in [2.45, 2.75) is 25.8 Å². The number of oxime groups is 1. The summed E-state index contributed by atoms with van der Waals surface area (Å²) < 4.78 is 0. The van der Waals surface area contributed by atoms with Crippen molar-refractivity contribution in [1.29, 1.82) is 0 Å². The third-order valence-corrected chi connectivity index (χ3v) is 2.46. The van der Waals surface area contributed by atoms with Crippen molar-refractivity contribution < 1.29 is 9.63 Å². The maximum Gasteiger partial charge on any atom is 0.343 e. The van der Waals surface area contributed by atoms with E-state index in [0.29, 0.717) is 0 Å². The monoisotopic (exact) mass is 168 g/mol. The molecule has 0 amide bonds. The van der Waals surface area contributed by atoms with E-state index in [1.54, 1.807) is 0 Å². The Kier molecular flexibility index (Phi) is 1.84. The van der Waals surface area contributed by atoms with Crippen LogP contribution in [0.4, 0.5) is 0 Å². The minimum Gasteiger partial charge on any atom is -0.318 e. The first-order valence-corrected chi connectivity index (χ1v) is 4.31. The van der Waals surface area contributed by atoms with Crippen molar-refractivity contribution in [3.8, 4) is 0 Å². The van der Waals surface area contributed by atoms with Crippen molar-refractivity contribution in [2.24, 2.45) is 11.1 Å². The fourth-order valence-electron chi connectivity index (χ4n) is 1.68. The Morgan fingerprint density at radius 2 is 2.50 bits per heavy atom. The molecule has 0 aromatic carbocycles. The Balaban J connectivity index is 2.08. The van der Waals surface area contributed by atoms with E-state index in [1.807, 2.05) is 6.92 Å². The van der Waals surface area contributed by atoms with Gasteiger partial charge in [0, 0.05) is 6.04 Å². The molecular weight excluding hydrogens is 156 g/mol. The Morgan fingerprint density at radius 3 is 3.00 bits per heavy atom. The van der Waals surface area contributed by atoms with Crippen LogP contribution in [0.15, 0.2) is 5.16 Å². The van der Waals surface area contributed by atoms with E-state index in [9.17, 15) is 4.79 Å². The van der Waals surface area contributed by atoms with Gasteiger partial charge in [0.05, 0.1) is 11.6 Å². The normalized spacial score (nSPS) is 35.1. The van der Waals surface area contributed by atoms with Crippen LogP contribution in [0.5, 0.6) is 0 Å². The van der Waals surface area contributed by atoms with Gasteiger partial charge in [-0.25, -0.2) is 4.79 Å². The van der Waals surface area contributed by atoms with Crippen molar-refractivity contribution in [3.63, 3.8) is 0 Å². The van der Waals surface area contributed by atoms with Crippen LogP contribution in [0.25, 0.3) is 0 Å². The largest absolute Gasteiger partial charge is 0.343 e. The molecule has 0 aromatic rings. The maximum absolute atomic E-state index is 11.0. The summed E-state index contributed by atoms with van der Waals surface area (Å²) in [4.78, 5) is 15.6. The third-order valence-electron chi connectivity index (χ3n) is 2.46. The van der Waals surface area contributed by atoms with E-state index in [-0.39, 0.29) is 17.9 Å². The molecule has 0 spiro atoms. The molecule has 2 aliphatic rings. The highest BCUT2D eigenvalue weighted by atomic mass is 16.7. The van der Waals surface area contributed by atoms with Crippen LogP contribution in [0, 0.1) is 5.92 Å². The molecule has 0 radical (unpaired) electrons. The maximum atomic E-state index is 11.0. The summed E-state index contributed by atoms with van der Waals surface area (Å²) in [5.74, 6) is -0.376. The van der Waals surface area contributed by atoms with Gasteiger partial charge in [0.25, 0.3) is 0 Å². The Hall–Kier alpha value is -0.900. The molecule has 0 saturated carbocycles. The van der Waals surface area contributed by atoms with Crippen LogP contribution in [0.3, 0.4) is 0 Å². The second kappa shape index (κ2) is 2.86. The Labute approximate surface area is 71.0 Å². The quantitative estimate of drug-likeness (QED) is 0.572. The Bertz CT molecular complexity index is 231. The number of nitrogens with one attached hydrogen (secondary N) is 1. The zero-order valence-electron chi connectivity index (χ0n) is 7.04. The van der Waals surface area contributed by atoms with Gasteiger partial charge >= 0.3 is 5.97 Å². The van der Waals surface area contributed by atoms with Crippen molar-refractivity contribution in [2.75, 3.05) is 6.54 Å². The van der Waals surface area contributed by atoms with Crippen LogP contribution in [0.1, 0.15) is 19.8 Å². The van der Waals surface area contributed by atoms with E-state index in [2.05, 4.69) is 15.3 Å². The van der Waals surface area contributed by atoms with Gasteiger partial charge in [-0.3, -0.25) is 0 Å². The smallest absolute Gasteiger partial charge is 0.318 e. The predicted molar refractivity (Wildman–Crippen MR) is 43.7 cm³/mol.